The molecular formula is C12H24N2S. The molecule has 2 saturated heterocycles. The van der Waals surface area contributed by atoms with Gasteiger partial charge in [0.1, 0.15) is 0 Å². The van der Waals surface area contributed by atoms with E-state index in [-0.39, 0.29) is 0 Å². The number of nitrogens with zero attached hydrogens (tertiary/aromatic N) is 1. The molecule has 0 aromatic heterocycles. The SMILES string of the molecule is CCNCC1CCN(CC2CCSC2)C1. The third kappa shape index (κ3) is 3.65. The van der Waals surface area contributed by atoms with E-state index in [4.69, 9.17) is 0 Å². The van der Waals surface area contributed by atoms with E-state index in [0.29, 0.717) is 0 Å². The van der Waals surface area contributed by atoms with Gasteiger partial charge in [-0.3, -0.25) is 0 Å². The van der Waals surface area contributed by atoms with Gasteiger partial charge in [-0.25, -0.2) is 0 Å². The molecule has 0 radical (unpaired) electrons. The van der Waals surface area contributed by atoms with Crippen molar-refractivity contribution in [3.63, 3.8) is 0 Å². The summed E-state index contributed by atoms with van der Waals surface area (Å²) in [7, 11) is 0. The summed E-state index contributed by atoms with van der Waals surface area (Å²) in [5, 5.41) is 3.47. The first-order chi connectivity index (χ1) is 7.38. The number of hydrogen-bond donors (Lipinski definition) is 1. The Morgan fingerprint density at radius 1 is 1.33 bits per heavy atom. The van der Waals surface area contributed by atoms with E-state index in [0.717, 1.165) is 18.4 Å². The minimum atomic E-state index is 0.916. The average molecular weight is 228 g/mol. The third-order valence-corrected chi connectivity index (χ3v) is 4.82. The molecule has 2 aliphatic heterocycles. The second-order valence-corrected chi connectivity index (χ2v) is 6.10. The van der Waals surface area contributed by atoms with Crippen LogP contribution in [0.5, 0.6) is 0 Å². The summed E-state index contributed by atoms with van der Waals surface area (Å²) in [6, 6.07) is 0. The number of nitrogens with one attached hydrogen (secondary N) is 1. The Bertz CT molecular complexity index is 180. The van der Waals surface area contributed by atoms with E-state index in [1.165, 1.54) is 50.5 Å². The molecule has 0 spiro atoms. The van der Waals surface area contributed by atoms with Gasteiger partial charge in [-0.15, -0.1) is 0 Å². The van der Waals surface area contributed by atoms with E-state index < -0.39 is 0 Å². The third-order valence-electron chi connectivity index (χ3n) is 3.59. The van der Waals surface area contributed by atoms with Crippen molar-refractivity contribution < 1.29 is 0 Å². The molecule has 15 heavy (non-hydrogen) atoms. The van der Waals surface area contributed by atoms with E-state index >= 15 is 0 Å². The molecule has 88 valence electrons. The van der Waals surface area contributed by atoms with E-state index in [1.807, 2.05) is 0 Å². The molecule has 2 unspecified atom stereocenters. The minimum Gasteiger partial charge on any atom is -0.317 e. The van der Waals surface area contributed by atoms with Crippen LogP contribution in [0, 0.1) is 11.8 Å². The first kappa shape index (κ1) is 11.7. The van der Waals surface area contributed by atoms with Gasteiger partial charge in [0, 0.05) is 13.1 Å². The zero-order valence-electron chi connectivity index (χ0n) is 9.87. The molecule has 1 N–H and O–H groups in total. The summed E-state index contributed by atoms with van der Waals surface area (Å²) in [5.41, 5.74) is 0. The van der Waals surface area contributed by atoms with Gasteiger partial charge in [0.05, 0.1) is 0 Å². The molecule has 2 heterocycles. The van der Waals surface area contributed by atoms with Crippen molar-refractivity contribution in [3.8, 4) is 0 Å². The molecule has 0 saturated carbocycles. The van der Waals surface area contributed by atoms with Crippen molar-refractivity contribution in [2.24, 2.45) is 11.8 Å². The number of thioether (sulfide) groups is 1. The molecule has 2 atom stereocenters. The summed E-state index contributed by atoms with van der Waals surface area (Å²) in [6.07, 6.45) is 2.87. The van der Waals surface area contributed by atoms with Gasteiger partial charge in [-0.05, 0) is 55.8 Å². The highest BCUT2D eigenvalue weighted by Gasteiger charge is 2.25. The van der Waals surface area contributed by atoms with Gasteiger partial charge < -0.3 is 10.2 Å². The number of hydrogen-bond acceptors (Lipinski definition) is 3. The zero-order chi connectivity index (χ0) is 10.5. The normalized spacial score (nSPS) is 32.6. The highest BCUT2D eigenvalue weighted by Crippen LogP contribution is 2.26. The summed E-state index contributed by atoms with van der Waals surface area (Å²) < 4.78 is 0. The van der Waals surface area contributed by atoms with Gasteiger partial charge in [0.2, 0.25) is 0 Å². The Morgan fingerprint density at radius 2 is 2.27 bits per heavy atom. The molecule has 0 bridgehead atoms. The second-order valence-electron chi connectivity index (χ2n) is 4.95. The topological polar surface area (TPSA) is 15.3 Å². The largest absolute Gasteiger partial charge is 0.317 e. The Balaban J connectivity index is 1.63. The van der Waals surface area contributed by atoms with Crippen LogP contribution in [0.3, 0.4) is 0 Å². The summed E-state index contributed by atoms with van der Waals surface area (Å²) >= 11 is 2.14. The molecule has 0 aromatic rings. The van der Waals surface area contributed by atoms with E-state index in [2.05, 4.69) is 28.9 Å². The molecule has 3 heteroatoms. The van der Waals surface area contributed by atoms with Crippen LogP contribution in [0.1, 0.15) is 19.8 Å². The predicted octanol–water partition coefficient (Wildman–Crippen LogP) is 1.67. The smallest absolute Gasteiger partial charge is 0.00224 e. The Hall–Kier alpha value is 0.270. The molecule has 2 aliphatic rings. The lowest BCUT2D eigenvalue weighted by atomic mass is 10.1. The first-order valence-electron chi connectivity index (χ1n) is 6.39. The van der Waals surface area contributed by atoms with E-state index in [1.54, 1.807) is 0 Å². The van der Waals surface area contributed by atoms with Gasteiger partial charge >= 0.3 is 0 Å². The number of rotatable bonds is 5. The van der Waals surface area contributed by atoms with Crippen LogP contribution in [0.2, 0.25) is 0 Å². The highest BCUT2D eigenvalue weighted by atomic mass is 32.2. The molecule has 2 nitrogen and oxygen atoms in total. The lowest BCUT2D eigenvalue weighted by Gasteiger charge is -2.19. The summed E-state index contributed by atoms with van der Waals surface area (Å²) in [4.78, 5) is 2.69. The van der Waals surface area contributed by atoms with Crippen molar-refractivity contribution in [2.75, 3.05) is 44.2 Å². The maximum Gasteiger partial charge on any atom is 0.00224 e. The van der Waals surface area contributed by atoms with Crippen LogP contribution in [-0.2, 0) is 0 Å². The molecule has 0 aromatic carbocycles. The van der Waals surface area contributed by atoms with Crippen LogP contribution >= 0.6 is 11.8 Å². The molecule has 0 aliphatic carbocycles. The fraction of sp³-hybridized carbons (Fsp3) is 1.00. The average Bonchev–Trinajstić information content (AvgIpc) is 2.87. The van der Waals surface area contributed by atoms with Crippen LogP contribution < -0.4 is 5.32 Å². The first-order valence-corrected chi connectivity index (χ1v) is 7.54. The Labute approximate surface area is 98.2 Å². The maximum absolute atomic E-state index is 3.47. The quantitative estimate of drug-likeness (QED) is 0.770. The summed E-state index contributed by atoms with van der Waals surface area (Å²) in [6.45, 7) is 8.60. The van der Waals surface area contributed by atoms with Crippen molar-refractivity contribution >= 4 is 11.8 Å². The van der Waals surface area contributed by atoms with Crippen molar-refractivity contribution in [2.45, 2.75) is 19.8 Å². The highest BCUT2D eigenvalue weighted by molar-refractivity contribution is 7.99. The molecule has 0 amide bonds. The van der Waals surface area contributed by atoms with Gasteiger partial charge in [-0.1, -0.05) is 6.92 Å². The van der Waals surface area contributed by atoms with Crippen molar-refractivity contribution in [1.29, 1.82) is 0 Å². The second kappa shape index (κ2) is 6.12. The fourth-order valence-electron chi connectivity index (χ4n) is 2.69. The lowest BCUT2D eigenvalue weighted by molar-refractivity contribution is 0.279. The van der Waals surface area contributed by atoms with Gasteiger partial charge in [0.15, 0.2) is 0 Å². The molecule has 2 rings (SSSR count). The van der Waals surface area contributed by atoms with E-state index in [9.17, 15) is 0 Å². The van der Waals surface area contributed by atoms with Gasteiger partial charge in [-0.2, -0.15) is 11.8 Å². The maximum atomic E-state index is 3.47. The Kier molecular flexibility index (Phi) is 4.79. The van der Waals surface area contributed by atoms with Crippen molar-refractivity contribution in [3.05, 3.63) is 0 Å². The Morgan fingerprint density at radius 3 is 3.00 bits per heavy atom. The van der Waals surface area contributed by atoms with Crippen LogP contribution in [-0.4, -0.2) is 49.1 Å². The van der Waals surface area contributed by atoms with Gasteiger partial charge in [0.25, 0.3) is 0 Å². The predicted molar refractivity (Wildman–Crippen MR) is 68.5 cm³/mol. The zero-order valence-corrected chi connectivity index (χ0v) is 10.7. The standard InChI is InChI=1S/C12H24N2S/c1-2-13-7-11-3-5-14(8-11)9-12-4-6-15-10-12/h11-13H,2-10H2,1H3. The lowest BCUT2D eigenvalue weighted by Crippen LogP contribution is -2.29. The monoisotopic (exact) mass is 228 g/mol. The molecule has 2 fully saturated rings. The number of likely N-dealkylation sites (tertiary alicyclic amines) is 1. The minimum absolute atomic E-state index is 0.916. The van der Waals surface area contributed by atoms with Crippen LogP contribution in [0.4, 0.5) is 0 Å². The molecular weight excluding hydrogens is 204 g/mol. The fourth-order valence-corrected chi connectivity index (χ4v) is 3.96. The van der Waals surface area contributed by atoms with Crippen LogP contribution in [0.15, 0.2) is 0 Å². The van der Waals surface area contributed by atoms with Crippen LogP contribution in [0.25, 0.3) is 0 Å². The summed E-state index contributed by atoms with van der Waals surface area (Å²) in [5.74, 6) is 4.72. The van der Waals surface area contributed by atoms with Crippen molar-refractivity contribution in [1.82, 2.24) is 10.2 Å².